The van der Waals surface area contributed by atoms with Crippen molar-refractivity contribution in [2.24, 2.45) is 5.10 Å². The quantitative estimate of drug-likeness (QED) is 0.660. The van der Waals surface area contributed by atoms with E-state index in [-0.39, 0.29) is 5.41 Å². The van der Waals surface area contributed by atoms with Crippen LogP contribution in [0.15, 0.2) is 29.4 Å². The maximum Gasteiger partial charge on any atom is 0.427 e. The van der Waals surface area contributed by atoms with Crippen LogP contribution in [0.5, 0.6) is 0 Å². The highest BCUT2D eigenvalue weighted by Gasteiger charge is 2.12. The van der Waals surface area contributed by atoms with E-state index >= 15 is 0 Å². The van der Waals surface area contributed by atoms with Crippen molar-refractivity contribution in [2.75, 3.05) is 6.61 Å². The summed E-state index contributed by atoms with van der Waals surface area (Å²) in [6, 6.07) is 8.06. The predicted octanol–water partition coefficient (Wildman–Crippen LogP) is 3.06. The first-order chi connectivity index (χ1) is 8.43. The number of carbonyl (C=O) groups is 1. The minimum Gasteiger partial charge on any atom is -0.449 e. The topological polar surface area (TPSA) is 50.7 Å². The minimum absolute atomic E-state index is 0.138. The lowest BCUT2D eigenvalue weighted by atomic mass is 9.87. The Morgan fingerprint density at radius 1 is 1.33 bits per heavy atom. The number of carbonyl (C=O) groups excluding carboxylic acids is 1. The van der Waals surface area contributed by atoms with Gasteiger partial charge in [-0.15, -0.1) is 0 Å². The largest absolute Gasteiger partial charge is 0.449 e. The maximum absolute atomic E-state index is 11.0. The Labute approximate surface area is 108 Å². The van der Waals surface area contributed by atoms with Crippen LogP contribution in [0.4, 0.5) is 4.79 Å². The standard InChI is InChI=1S/C14H20N2O2/c1-5-18-13(17)16-15-10-11-6-8-12(9-7-11)14(2,3)4/h6-10H,5H2,1-4H3,(H,16,17)/b15-10-. The van der Waals surface area contributed by atoms with Gasteiger partial charge in [-0.3, -0.25) is 0 Å². The Balaban J connectivity index is 2.59. The second kappa shape index (κ2) is 6.19. The van der Waals surface area contributed by atoms with Gasteiger partial charge in [-0.05, 0) is 23.5 Å². The molecule has 4 heteroatoms. The van der Waals surface area contributed by atoms with E-state index < -0.39 is 6.09 Å². The third-order valence-corrected chi connectivity index (χ3v) is 2.42. The highest BCUT2D eigenvalue weighted by Crippen LogP contribution is 2.21. The molecule has 0 spiro atoms. The molecule has 0 aliphatic heterocycles. The van der Waals surface area contributed by atoms with Crippen LogP contribution in [0.1, 0.15) is 38.8 Å². The number of nitrogens with zero attached hydrogens (tertiary/aromatic N) is 1. The van der Waals surface area contributed by atoms with Crippen LogP contribution in [0.3, 0.4) is 0 Å². The van der Waals surface area contributed by atoms with E-state index in [9.17, 15) is 4.79 Å². The molecule has 0 saturated carbocycles. The van der Waals surface area contributed by atoms with Crippen molar-refractivity contribution in [3.05, 3.63) is 35.4 Å². The molecule has 0 aliphatic carbocycles. The van der Waals surface area contributed by atoms with E-state index in [4.69, 9.17) is 0 Å². The number of hydrazone groups is 1. The van der Waals surface area contributed by atoms with Crippen molar-refractivity contribution in [1.82, 2.24) is 5.43 Å². The summed E-state index contributed by atoms with van der Waals surface area (Å²) in [6.45, 7) is 8.57. The third-order valence-electron chi connectivity index (χ3n) is 2.42. The van der Waals surface area contributed by atoms with E-state index in [1.54, 1.807) is 13.1 Å². The first-order valence-electron chi connectivity index (χ1n) is 6.00. The normalized spacial score (nSPS) is 11.6. The number of nitrogens with one attached hydrogen (secondary N) is 1. The van der Waals surface area contributed by atoms with Gasteiger partial charge in [-0.1, -0.05) is 45.0 Å². The maximum atomic E-state index is 11.0. The molecule has 0 aromatic heterocycles. The van der Waals surface area contributed by atoms with Crippen molar-refractivity contribution in [3.63, 3.8) is 0 Å². The van der Waals surface area contributed by atoms with Crippen LogP contribution in [-0.2, 0) is 10.2 Å². The summed E-state index contributed by atoms with van der Waals surface area (Å²) >= 11 is 0. The molecule has 0 unspecified atom stereocenters. The third kappa shape index (κ3) is 4.57. The van der Waals surface area contributed by atoms with E-state index in [0.29, 0.717) is 6.61 Å². The van der Waals surface area contributed by atoms with Gasteiger partial charge >= 0.3 is 6.09 Å². The van der Waals surface area contributed by atoms with Gasteiger partial charge < -0.3 is 4.74 Å². The SMILES string of the molecule is CCOC(=O)N/N=C\c1ccc(C(C)(C)C)cc1. The molecule has 1 N–H and O–H groups in total. The summed E-state index contributed by atoms with van der Waals surface area (Å²) in [4.78, 5) is 11.0. The molecule has 1 aromatic rings. The molecular formula is C14H20N2O2. The molecule has 18 heavy (non-hydrogen) atoms. The smallest absolute Gasteiger partial charge is 0.427 e. The van der Waals surface area contributed by atoms with Crippen molar-refractivity contribution < 1.29 is 9.53 Å². The zero-order valence-corrected chi connectivity index (χ0v) is 11.4. The van der Waals surface area contributed by atoms with Gasteiger partial charge in [0, 0.05) is 0 Å². The molecule has 0 aliphatic rings. The fourth-order valence-electron chi connectivity index (χ4n) is 1.39. The summed E-state index contributed by atoms with van der Waals surface area (Å²) in [7, 11) is 0. The Morgan fingerprint density at radius 3 is 2.44 bits per heavy atom. The van der Waals surface area contributed by atoms with E-state index in [0.717, 1.165) is 5.56 Å². The number of amides is 1. The fraction of sp³-hybridized carbons (Fsp3) is 0.429. The molecule has 98 valence electrons. The molecule has 0 bridgehead atoms. The number of hydrogen-bond acceptors (Lipinski definition) is 3. The van der Waals surface area contributed by atoms with Gasteiger partial charge in [-0.25, -0.2) is 10.2 Å². The lowest BCUT2D eigenvalue weighted by Gasteiger charge is -2.18. The van der Waals surface area contributed by atoms with Gasteiger partial charge in [0.1, 0.15) is 0 Å². The number of benzene rings is 1. The molecule has 0 fully saturated rings. The zero-order valence-electron chi connectivity index (χ0n) is 11.4. The Hall–Kier alpha value is -1.84. The first kappa shape index (κ1) is 14.2. The van der Waals surface area contributed by atoms with Crippen LogP contribution in [0.25, 0.3) is 0 Å². The van der Waals surface area contributed by atoms with Crippen molar-refractivity contribution in [2.45, 2.75) is 33.1 Å². The van der Waals surface area contributed by atoms with Crippen molar-refractivity contribution in [3.8, 4) is 0 Å². The van der Waals surface area contributed by atoms with Gasteiger partial charge in [-0.2, -0.15) is 5.10 Å². The summed E-state index contributed by atoms with van der Waals surface area (Å²) in [5, 5.41) is 3.80. The molecule has 0 atom stereocenters. The average Bonchev–Trinajstić information content (AvgIpc) is 2.29. The van der Waals surface area contributed by atoms with Crippen molar-refractivity contribution >= 4 is 12.3 Å². The Bertz CT molecular complexity index is 416. The number of rotatable bonds is 3. The van der Waals surface area contributed by atoms with Gasteiger partial charge in [0.25, 0.3) is 0 Å². The monoisotopic (exact) mass is 248 g/mol. The number of hydrogen-bond donors (Lipinski definition) is 1. The summed E-state index contributed by atoms with van der Waals surface area (Å²) in [6.07, 6.45) is 1.05. The van der Waals surface area contributed by atoms with E-state index in [2.05, 4.69) is 48.2 Å². The molecule has 1 aromatic carbocycles. The van der Waals surface area contributed by atoms with Crippen LogP contribution < -0.4 is 5.43 Å². The highest BCUT2D eigenvalue weighted by atomic mass is 16.5. The average molecular weight is 248 g/mol. The van der Waals surface area contributed by atoms with Crippen LogP contribution in [-0.4, -0.2) is 18.9 Å². The van der Waals surface area contributed by atoms with Gasteiger partial charge in [0.05, 0.1) is 12.8 Å². The zero-order chi connectivity index (χ0) is 13.6. The Kier molecular flexibility index (Phi) is 4.89. The Morgan fingerprint density at radius 2 is 1.94 bits per heavy atom. The molecule has 4 nitrogen and oxygen atoms in total. The molecule has 0 radical (unpaired) electrons. The fourth-order valence-corrected chi connectivity index (χ4v) is 1.39. The van der Waals surface area contributed by atoms with E-state index in [1.165, 1.54) is 5.56 Å². The molecule has 1 amide bonds. The summed E-state index contributed by atoms with van der Waals surface area (Å²) < 4.78 is 4.68. The minimum atomic E-state index is -0.542. The van der Waals surface area contributed by atoms with Gasteiger partial charge in [0.2, 0.25) is 0 Å². The van der Waals surface area contributed by atoms with Crippen LogP contribution in [0.2, 0.25) is 0 Å². The number of ether oxygens (including phenoxy) is 1. The molecule has 0 saturated heterocycles. The van der Waals surface area contributed by atoms with E-state index in [1.807, 2.05) is 12.1 Å². The lowest BCUT2D eigenvalue weighted by molar-refractivity contribution is 0.152. The first-order valence-corrected chi connectivity index (χ1v) is 6.00. The van der Waals surface area contributed by atoms with Gasteiger partial charge in [0.15, 0.2) is 0 Å². The van der Waals surface area contributed by atoms with Crippen LogP contribution >= 0.6 is 0 Å². The molecule has 0 heterocycles. The highest BCUT2D eigenvalue weighted by molar-refractivity contribution is 5.80. The summed E-state index contributed by atoms with van der Waals surface area (Å²) in [5.74, 6) is 0. The molecular weight excluding hydrogens is 228 g/mol. The second-order valence-corrected chi connectivity index (χ2v) is 4.96. The lowest BCUT2D eigenvalue weighted by Crippen LogP contribution is -2.18. The van der Waals surface area contributed by atoms with Crippen LogP contribution in [0, 0.1) is 0 Å². The second-order valence-electron chi connectivity index (χ2n) is 4.96. The summed E-state index contributed by atoms with van der Waals surface area (Å²) in [5.41, 5.74) is 4.62. The van der Waals surface area contributed by atoms with Crippen molar-refractivity contribution in [1.29, 1.82) is 0 Å². The molecule has 1 rings (SSSR count). The predicted molar refractivity (Wildman–Crippen MR) is 72.9 cm³/mol.